The summed E-state index contributed by atoms with van der Waals surface area (Å²) in [7, 11) is 0. The van der Waals surface area contributed by atoms with Gasteiger partial charge in [0.2, 0.25) is 0 Å². The van der Waals surface area contributed by atoms with Crippen molar-refractivity contribution in [3.05, 3.63) is 61.2 Å². The third-order valence-electron chi connectivity index (χ3n) is 4.65. The lowest BCUT2D eigenvalue weighted by Crippen LogP contribution is -2.53. The summed E-state index contributed by atoms with van der Waals surface area (Å²) in [5, 5.41) is 10.7. The quantitative estimate of drug-likeness (QED) is 0.769. The van der Waals surface area contributed by atoms with Crippen LogP contribution < -0.4 is 0 Å². The second-order valence-corrected chi connectivity index (χ2v) is 6.90. The highest BCUT2D eigenvalue weighted by atomic mass is 16.8. The molecule has 0 bridgehead atoms. The van der Waals surface area contributed by atoms with E-state index in [9.17, 15) is 5.11 Å². The molecule has 2 heterocycles. The first-order valence-corrected chi connectivity index (χ1v) is 8.53. The molecule has 0 aromatic heterocycles. The number of benzene rings is 1. The molecule has 5 atom stereocenters. The van der Waals surface area contributed by atoms with Crippen LogP contribution in [-0.2, 0) is 25.6 Å². The van der Waals surface area contributed by atoms with Crippen LogP contribution in [0.4, 0.5) is 0 Å². The van der Waals surface area contributed by atoms with E-state index in [0.29, 0.717) is 13.0 Å². The summed E-state index contributed by atoms with van der Waals surface area (Å²) in [6.07, 6.45) is 1.11. The van der Waals surface area contributed by atoms with Crippen LogP contribution in [-0.4, -0.2) is 41.1 Å². The minimum Gasteiger partial charge on any atom is -0.389 e. The van der Waals surface area contributed by atoms with Gasteiger partial charge in [-0.15, -0.1) is 13.2 Å². The fourth-order valence-electron chi connectivity index (χ4n) is 3.47. The first-order valence-electron chi connectivity index (χ1n) is 8.53. The molecule has 2 saturated heterocycles. The number of fused-ring (bicyclic) bond motifs is 1. The van der Waals surface area contributed by atoms with Gasteiger partial charge in [0.15, 0.2) is 12.1 Å². The minimum atomic E-state index is -1.12. The van der Waals surface area contributed by atoms with Crippen LogP contribution >= 0.6 is 0 Å². The third-order valence-corrected chi connectivity index (χ3v) is 4.65. The average Bonchev–Trinajstić information content (AvgIpc) is 3.03. The van der Waals surface area contributed by atoms with E-state index in [1.807, 2.05) is 44.2 Å². The summed E-state index contributed by atoms with van der Waals surface area (Å²) in [6.45, 7) is 11.6. The van der Waals surface area contributed by atoms with Crippen LogP contribution in [0.25, 0.3) is 0 Å². The Balaban J connectivity index is 1.86. The van der Waals surface area contributed by atoms with Gasteiger partial charge in [-0.1, -0.05) is 42.5 Å². The molecular weight excluding hydrogens is 320 g/mol. The average molecular weight is 346 g/mol. The SMILES string of the molecule is C=CC[C@H](O)[C@]1(C=C)O[C@@H]2OC(C)(C)O[C@@H]2[C@H]1OCc1ccccc1. The smallest absolute Gasteiger partial charge is 0.191 e. The van der Waals surface area contributed by atoms with Crippen LogP contribution in [0.3, 0.4) is 0 Å². The predicted molar refractivity (Wildman–Crippen MR) is 93.7 cm³/mol. The first-order chi connectivity index (χ1) is 11.9. The number of hydrogen-bond acceptors (Lipinski definition) is 5. The Labute approximate surface area is 148 Å². The monoisotopic (exact) mass is 346 g/mol. The van der Waals surface area contributed by atoms with Gasteiger partial charge in [0, 0.05) is 0 Å². The van der Waals surface area contributed by atoms with Crippen LogP contribution in [0.5, 0.6) is 0 Å². The Morgan fingerprint density at radius 1 is 1.20 bits per heavy atom. The molecule has 0 saturated carbocycles. The Kier molecular flexibility index (Phi) is 5.14. The highest BCUT2D eigenvalue weighted by Crippen LogP contribution is 2.46. The highest BCUT2D eigenvalue weighted by molar-refractivity contribution is 5.18. The maximum absolute atomic E-state index is 10.7. The molecule has 0 spiro atoms. The van der Waals surface area contributed by atoms with Crippen LogP contribution in [0.2, 0.25) is 0 Å². The second kappa shape index (κ2) is 7.02. The van der Waals surface area contributed by atoms with Gasteiger partial charge in [0.05, 0.1) is 12.7 Å². The third kappa shape index (κ3) is 3.43. The molecular formula is C20H26O5. The van der Waals surface area contributed by atoms with E-state index in [0.717, 1.165) is 5.56 Å². The molecule has 0 unspecified atom stereocenters. The fourth-order valence-corrected chi connectivity index (χ4v) is 3.47. The summed E-state index contributed by atoms with van der Waals surface area (Å²) >= 11 is 0. The van der Waals surface area contributed by atoms with E-state index in [-0.39, 0.29) is 0 Å². The molecule has 1 N–H and O–H groups in total. The van der Waals surface area contributed by atoms with Crippen molar-refractivity contribution in [2.75, 3.05) is 0 Å². The maximum atomic E-state index is 10.7. The number of ether oxygens (including phenoxy) is 4. The van der Waals surface area contributed by atoms with E-state index >= 15 is 0 Å². The van der Waals surface area contributed by atoms with Crippen molar-refractivity contribution in [3.63, 3.8) is 0 Å². The minimum absolute atomic E-state index is 0.347. The zero-order chi connectivity index (χ0) is 18.1. The molecule has 25 heavy (non-hydrogen) atoms. The number of aliphatic hydroxyl groups excluding tert-OH is 1. The molecule has 1 aromatic rings. The van der Waals surface area contributed by atoms with Gasteiger partial charge in [-0.25, -0.2) is 0 Å². The normalized spacial score (nSPS) is 34.4. The highest BCUT2D eigenvalue weighted by Gasteiger charge is 2.63. The molecule has 136 valence electrons. The van der Waals surface area contributed by atoms with Gasteiger partial charge in [0.25, 0.3) is 0 Å². The topological polar surface area (TPSA) is 57.2 Å². The lowest BCUT2D eigenvalue weighted by molar-refractivity contribution is -0.250. The lowest BCUT2D eigenvalue weighted by atomic mass is 9.87. The molecule has 5 heteroatoms. The van der Waals surface area contributed by atoms with Crippen molar-refractivity contribution in [2.24, 2.45) is 0 Å². The zero-order valence-electron chi connectivity index (χ0n) is 14.8. The molecule has 2 fully saturated rings. The molecule has 0 aliphatic carbocycles. The predicted octanol–water partition coefficient (Wildman–Crippen LogP) is 2.94. The van der Waals surface area contributed by atoms with Crippen molar-refractivity contribution in [3.8, 4) is 0 Å². The summed E-state index contributed by atoms with van der Waals surface area (Å²) in [5.74, 6) is -0.763. The Bertz CT molecular complexity index is 614. The van der Waals surface area contributed by atoms with Crippen molar-refractivity contribution >= 4 is 0 Å². The van der Waals surface area contributed by atoms with Gasteiger partial charge < -0.3 is 24.1 Å². The summed E-state index contributed by atoms with van der Waals surface area (Å²) in [4.78, 5) is 0. The zero-order valence-corrected chi connectivity index (χ0v) is 14.8. The van der Waals surface area contributed by atoms with Crippen LogP contribution in [0, 0.1) is 0 Å². The molecule has 0 amide bonds. The van der Waals surface area contributed by atoms with Crippen molar-refractivity contribution in [1.82, 2.24) is 0 Å². The Hall–Kier alpha value is -1.50. The molecule has 0 radical (unpaired) electrons. The van der Waals surface area contributed by atoms with Gasteiger partial charge in [0.1, 0.15) is 17.8 Å². The summed E-state index contributed by atoms with van der Waals surface area (Å²) < 4.78 is 24.1. The van der Waals surface area contributed by atoms with E-state index in [2.05, 4.69) is 13.2 Å². The van der Waals surface area contributed by atoms with Gasteiger partial charge in [-0.05, 0) is 25.8 Å². The standard InChI is InChI=1S/C20H26O5/c1-5-10-15(21)20(6-2)17(22-13-14-11-8-7-9-12-14)16-18(25-20)24-19(3,4)23-16/h5-9,11-12,15-18,21H,1-2,10,13H2,3-4H3/t15-,16+,17+,18-,20-/m0/s1. The van der Waals surface area contributed by atoms with Gasteiger partial charge in [-0.3, -0.25) is 0 Å². The molecule has 5 nitrogen and oxygen atoms in total. The van der Waals surface area contributed by atoms with E-state index < -0.39 is 36.0 Å². The van der Waals surface area contributed by atoms with E-state index in [4.69, 9.17) is 18.9 Å². The Morgan fingerprint density at radius 2 is 1.92 bits per heavy atom. The Morgan fingerprint density at radius 3 is 2.56 bits per heavy atom. The van der Waals surface area contributed by atoms with Crippen molar-refractivity contribution < 1.29 is 24.1 Å². The maximum Gasteiger partial charge on any atom is 0.191 e. The largest absolute Gasteiger partial charge is 0.389 e. The molecule has 2 aliphatic rings. The van der Waals surface area contributed by atoms with Gasteiger partial charge in [-0.2, -0.15) is 0 Å². The molecule has 3 rings (SSSR count). The number of aliphatic hydroxyl groups is 1. The summed E-state index contributed by atoms with van der Waals surface area (Å²) in [5.41, 5.74) is -0.0882. The fraction of sp³-hybridized carbons (Fsp3) is 0.500. The second-order valence-electron chi connectivity index (χ2n) is 6.90. The van der Waals surface area contributed by atoms with Crippen LogP contribution in [0.15, 0.2) is 55.6 Å². The number of hydrogen-bond donors (Lipinski definition) is 1. The number of rotatable bonds is 7. The first kappa shape index (κ1) is 18.3. The van der Waals surface area contributed by atoms with E-state index in [1.54, 1.807) is 12.2 Å². The molecule has 2 aliphatic heterocycles. The van der Waals surface area contributed by atoms with Crippen LogP contribution in [0.1, 0.15) is 25.8 Å². The summed E-state index contributed by atoms with van der Waals surface area (Å²) in [6, 6.07) is 9.84. The molecule has 1 aromatic carbocycles. The van der Waals surface area contributed by atoms with Crippen molar-refractivity contribution in [1.29, 1.82) is 0 Å². The van der Waals surface area contributed by atoms with E-state index in [1.165, 1.54) is 0 Å². The lowest BCUT2D eigenvalue weighted by Gasteiger charge is -2.37. The van der Waals surface area contributed by atoms with Gasteiger partial charge >= 0.3 is 0 Å². The van der Waals surface area contributed by atoms with Crippen molar-refractivity contribution in [2.45, 2.75) is 62.9 Å².